The smallest absolute Gasteiger partial charge is 0.338 e. The Kier molecular flexibility index (Phi) is 10.1. The summed E-state index contributed by atoms with van der Waals surface area (Å²) in [6, 6.07) is 8.13. The van der Waals surface area contributed by atoms with Gasteiger partial charge in [-0.15, -0.1) is 23.2 Å². The van der Waals surface area contributed by atoms with E-state index >= 15 is 0 Å². The SMILES string of the molecule is O=C1O[C@H]([C@@H](O)/C=[N+](/[O-])CCCCc2ccc(N(CCCl)CCCl)cc2)[C@H](O)[C@@H]1O. The first kappa shape index (κ1) is 24.7. The van der Waals surface area contributed by atoms with Crippen LogP contribution in [0.1, 0.15) is 18.4 Å². The quantitative estimate of drug-likeness (QED) is 0.0802. The van der Waals surface area contributed by atoms with Gasteiger partial charge in [-0.05, 0) is 30.5 Å². The summed E-state index contributed by atoms with van der Waals surface area (Å²) in [5.41, 5.74) is 2.21. The number of esters is 1. The molecule has 0 spiro atoms. The number of aliphatic hydroxyl groups excluding tert-OH is 3. The van der Waals surface area contributed by atoms with Gasteiger partial charge in [-0.1, -0.05) is 12.1 Å². The van der Waals surface area contributed by atoms with Gasteiger partial charge in [0.25, 0.3) is 0 Å². The molecule has 0 aromatic heterocycles. The highest BCUT2D eigenvalue weighted by molar-refractivity contribution is 6.18. The number of hydroxylamine groups is 1. The van der Waals surface area contributed by atoms with Gasteiger partial charge in [0.1, 0.15) is 6.10 Å². The van der Waals surface area contributed by atoms with Crippen molar-refractivity contribution in [2.24, 2.45) is 0 Å². The molecule has 0 saturated carbocycles. The van der Waals surface area contributed by atoms with Crippen molar-refractivity contribution in [2.45, 2.75) is 43.7 Å². The first-order chi connectivity index (χ1) is 14.4. The maximum atomic E-state index is 11.9. The molecule has 3 N–H and O–H groups in total. The molecule has 1 aromatic rings. The number of hydrogen-bond donors (Lipinski definition) is 3. The van der Waals surface area contributed by atoms with E-state index in [4.69, 9.17) is 23.2 Å². The Hall–Kier alpha value is -1.58. The highest BCUT2D eigenvalue weighted by atomic mass is 35.5. The summed E-state index contributed by atoms with van der Waals surface area (Å²) in [5.74, 6) is 0.0363. The van der Waals surface area contributed by atoms with E-state index in [0.717, 1.165) is 43.4 Å². The van der Waals surface area contributed by atoms with E-state index in [0.29, 0.717) is 22.9 Å². The molecular weight excluding hydrogens is 435 g/mol. The third-order valence-corrected chi connectivity index (χ3v) is 5.25. The second kappa shape index (κ2) is 12.3. The fraction of sp³-hybridized carbons (Fsp3) is 0.600. The Morgan fingerprint density at radius 2 is 1.80 bits per heavy atom. The molecule has 0 unspecified atom stereocenters. The van der Waals surface area contributed by atoms with Crippen LogP contribution in [-0.2, 0) is 16.0 Å². The van der Waals surface area contributed by atoms with Crippen molar-refractivity contribution in [1.82, 2.24) is 0 Å². The predicted octanol–water partition coefficient (Wildman–Crippen LogP) is 0.882. The molecule has 0 bridgehead atoms. The summed E-state index contributed by atoms with van der Waals surface area (Å²) < 4.78 is 5.24. The molecule has 1 saturated heterocycles. The maximum Gasteiger partial charge on any atom is 0.338 e. The number of aryl methyl sites for hydroxylation is 1. The van der Waals surface area contributed by atoms with Gasteiger partial charge in [-0.25, -0.2) is 9.53 Å². The lowest BCUT2D eigenvalue weighted by atomic mass is 10.1. The van der Waals surface area contributed by atoms with Gasteiger partial charge < -0.3 is 30.2 Å². The number of carbonyl (C=O) groups excluding carboxylic acids is 1. The zero-order chi connectivity index (χ0) is 22.1. The molecule has 1 aromatic carbocycles. The summed E-state index contributed by atoms with van der Waals surface area (Å²) in [6.07, 6.45) is -3.01. The van der Waals surface area contributed by atoms with Crippen molar-refractivity contribution < 1.29 is 29.6 Å². The lowest BCUT2D eigenvalue weighted by molar-refractivity contribution is -0.456. The van der Waals surface area contributed by atoms with Crippen LogP contribution in [0.4, 0.5) is 5.69 Å². The zero-order valence-corrected chi connectivity index (χ0v) is 18.1. The summed E-state index contributed by atoms with van der Waals surface area (Å²) in [4.78, 5) is 13.3. The predicted molar refractivity (Wildman–Crippen MR) is 115 cm³/mol. The summed E-state index contributed by atoms with van der Waals surface area (Å²) in [7, 11) is 0. The van der Waals surface area contributed by atoms with Gasteiger partial charge in [-0.2, -0.15) is 0 Å². The molecule has 1 aliphatic heterocycles. The molecule has 0 aliphatic carbocycles. The third-order valence-electron chi connectivity index (χ3n) is 4.91. The van der Waals surface area contributed by atoms with Crippen LogP contribution in [-0.4, -0.2) is 88.1 Å². The van der Waals surface area contributed by atoms with E-state index in [1.54, 1.807) is 0 Å². The normalized spacial score (nSPS) is 22.8. The first-order valence-corrected chi connectivity index (χ1v) is 10.9. The second-order valence-electron chi connectivity index (χ2n) is 7.11. The highest BCUT2D eigenvalue weighted by Crippen LogP contribution is 2.19. The number of cyclic esters (lactones) is 1. The van der Waals surface area contributed by atoms with Crippen LogP contribution < -0.4 is 4.90 Å². The van der Waals surface area contributed by atoms with Crippen molar-refractivity contribution in [1.29, 1.82) is 0 Å². The van der Waals surface area contributed by atoms with E-state index in [1.165, 1.54) is 0 Å². The van der Waals surface area contributed by atoms with Gasteiger partial charge in [0.05, 0.1) is 0 Å². The van der Waals surface area contributed by atoms with Gasteiger partial charge in [0, 0.05) is 37.0 Å². The van der Waals surface area contributed by atoms with Crippen molar-refractivity contribution in [2.75, 3.05) is 36.3 Å². The van der Waals surface area contributed by atoms with Gasteiger partial charge in [0.15, 0.2) is 31.1 Å². The average Bonchev–Trinajstić information content (AvgIpc) is 2.99. The number of aliphatic hydroxyl groups is 3. The highest BCUT2D eigenvalue weighted by Gasteiger charge is 2.46. The number of benzene rings is 1. The minimum Gasteiger partial charge on any atom is -0.624 e. The van der Waals surface area contributed by atoms with Gasteiger partial charge in [0.2, 0.25) is 0 Å². The van der Waals surface area contributed by atoms with E-state index in [-0.39, 0.29) is 6.54 Å². The Morgan fingerprint density at radius 1 is 1.17 bits per heavy atom. The number of anilines is 1. The molecule has 1 heterocycles. The van der Waals surface area contributed by atoms with Crippen molar-refractivity contribution in [3.05, 3.63) is 35.0 Å². The van der Waals surface area contributed by atoms with Crippen LogP contribution in [0.5, 0.6) is 0 Å². The largest absolute Gasteiger partial charge is 0.624 e. The number of halogens is 2. The van der Waals surface area contributed by atoms with Gasteiger partial charge >= 0.3 is 5.97 Å². The number of ether oxygens (including phenoxy) is 1. The van der Waals surface area contributed by atoms with Crippen molar-refractivity contribution in [3.63, 3.8) is 0 Å². The Labute approximate surface area is 185 Å². The van der Waals surface area contributed by atoms with E-state index in [1.807, 2.05) is 24.3 Å². The second-order valence-corrected chi connectivity index (χ2v) is 7.86. The standard InChI is InChI=1S/C20H28Cl2N2O6/c21-8-11-23(12-9-22)15-6-4-14(5-7-15)3-1-2-10-24(29)13-16(25)19-17(26)18(27)20(28)30-19/h4-7,13,16-19,25-27H,1-3,8-12H2/b24-13+/t16-,17+,18-,19+/m0/s1. The first-order valence-electron chi connectivity index (χ1n) is 9.86. The molecule has 0 radical (unpaired) electrons. The summed E-state index contributed by atoms with van der Waals surface area (Å²) >= 11 is 11.7. The fourth-order valence-corrected chi connectivity index (χ4v) is 3.65. The van der Waals surface area contributed by atoms with E-state index in [9.17, 15) is 25.3 Å². The summed E-state index contributed by atoms with van der Waals surface area (Å²) in [6.45, 7) is 1.60. The monoisotopic (exact) mass is 462 g/mol. The number of rotatable bonds is 12. The Balaban J connectivity index is 1.76. The van der Waals surface area contributed by atoms with Crippen LogP contribution in [0.25, 0.3) is 0 Å². The number of unbranched alkanes of at least 4 members (excludes halogenated alkanes) is 1. The summed E-state index contributed by atoms with van der Waals surface area (Å²) in [5, 5.41) is 40.9. The van der Waals surface area contributed by atoms with Crippen LogP contribution in [0, 0.1) is 5.21 Å². The zero-order valence-electron chi connectivity index (χ0n) is 16.6. The molecule has 8 nitrogen and oxygen atoms in total. The number of nitrogens with zero attached hydrogens (tertiary/aromatic N) is 2. The lowest BCUT2D eigenvalue weighted by Gasteiger charge is -2.23. The molecule has 1 aliphatic rings. The maximum absolute atomic E-state index is 11.9. The van der Waals surface area contributed by atoms with Crippen LogP contribution in [0.2, 0.25) is 0 Å². The third kappa shape index (κ3) is 6.99. The molecule has 1 fully saturated rings. The average molecular weight is 463 g/mol. The molecule has 30 heavy (non-hydrogen) atoms. The Morgan fingerprint density at radius 3 is 2.33 bits per heavy atom. The van der Waals surface area contributed by atoms with Crippen molar-refractivity contribution in [3.8, 4) is 0 Å². The van der Waals surface area contributed by atoms with Crippen LogP contribution in [0.15, 0.2) is 24.3 Å². The Bertz CT molecular complexity index is 697. The minimum atomic E-state index is -1.71. The molecule has 4 atom stereocenters. The van der Waals surface area contributed by atoms with Crippen LogP contribution in [0.3, 0.4) is 0 Å². The molecular formula is C20H28Cl2N2O6. The van der Waals surface area contributed by atoms with Gasteiger partial charge in [-0.3, -0.25) is 0 Å². The van der Waals surface area contributed by atoms with E-state index < -0.39 is 30.4 Å². The number of hydrogen-bond acceptors (Lipinski definition) is 7. The number of carbonyl (C=O) groups is 1. The van der Waals surface area contributed by atoms with E-state index in [2.05, 4.69) is 9.64 Å². The molecule has 168 valence electrons. The topological polar surface area (TPSA) is 116 Å². The molecule has 0 amide bonds. The van der Waals surface area contributed by atoms with Crippen LogP contribution >= 0.6 is 23.2 Å². The molecule has 10 heteroatoms. The van der Waals surface area contributed by atoms with Crippen molar-refractivity contribution >= 4 is 41.1 Å². The fourth-order valence-electron chi connectivity index (χ4n) is 3.24. The molecule has 2 rings (SSSR count). The minimum absolute atomic E-state index is 0.147. The number of alkyl halides is 2. The lowest BCUT2D eigenvalue weighted by Crippen LogP contribution is -2.40.